The molecule has 16 heteroatoms. The lowest BCUT2D eigenvalue weighted by Crippen LogP contribution is -2.41. The lowest BCUT2D eigenvalue weighted by molar-refractivity contribution is -0.145. The molecule has 0 aromatic rings. The number of rotatable bonds is 25. The highest BCUT2D eigenvalue weighted by Crippen LogP contribution is 2.44. The predicted octanol–water partition coefficient (Wildman–Crippen LogP) is 1.32. The zero-order valence-electron chi connectivity index (χ0n) is 22.6. The van der Waals surface area contributed by atoms with E-state index in [1.165, 1.54) is 0 Å². The third-order valence-electron chi connectivity index (χ3n) is 6.00. The van der Waals surface area contributed by atoms with Gasteiger partial charge in [0.2, 0.25) is 5.91 Å². The molecular weight excluding hydrogens is 555 g/mol. The van der Waals surface area contributed by atoms with Gasteiger partial charge in [0.1, 0.15) is 11.8 Å². The summed E-state index contributed by atoms with van der Waals surface area (Å²) >= 11 is 0. The molecule has 40 heavy (non-hydrogen) atoms. The fourth-order valence-corrected chi connectivity index (χ4v) is 5.15. The minimum absolute atomic E-state index is 0.102. The topological polar surface area (TPSA) is 254 Å². The third kappa shape index (κ3) is 18.4. The molecule has 0 aliphatic carbocycles. The number of hydrogen-bond acceptors (Lipinski definition) is 9. The van der Waals surface area contributed by atoms with Crippen LogP contribution in [-0.2, 0) is 37.9 Å². The zero-order chi connectivity index (χ0) is 30.7. The number of nitrogens with one attached hydrogen (secondary N) is 2. The van der Waals surface area contributed by atoms with Gasteiger partial charge in [0, 0.05) is 25.7 Å². The number of amides is 1. The van der Waals surface area contributed by atoms with Gasteiger partial charge in [-0.2, -0.15) is 0 Å². The second-order valence-electron chi connectivity index (χ2n) is 9.45. The molecule has 1 amide bonds. The molecule has 230 valence electrons. The standard InChI is InChI=1S/C24H41N2O13P/c1-25-12-4-2-3-6-18(27)14-16(22(31)32)8-10-20(28)26-19(24(35)36)7-5-13-39-40(37,38)15-17(23(33)34)9-11-21(29)30/h16-17,19,25H,2-15H2,1H3,(H,26,28)(H,29,30)(H,31,32)(H,33,34)(H,35,36)(H,37,38)/t16-,17-,19+/m1/s1. The van der Waals surface area contributed by atoms with Crippen LogP contribution in [0.5, 0.6) is 0 Å². The van der Waals surface area contributed by atoms with Gasteiger partial charge in [0.05, 0.1) is 24.6 Å². The number of unbranched alkanes of at least 4 members (excludes halogenated alkanes) is 2. The van der Waals surface area contributed by atoms with Gasteiger partial charge in [0.25, 0.3) is 0 Å². The maximum atomic E-state index is 12.3. The lowest BCUT2D eigenvalue weighted by Gasteiger charge is -2.18. The summed E-state index contributed by atoms with van der Waals surface area (Å²) < 4.78 is 17.0. The summed E-state index contributed by atoms with van der Waals surface area (Å²) in [6, 6.07) is -1.40. The van der Waals surface area contributed by atoms with Crippen molar-refractivity contribution in [1.82, 2.24) is 10.6 Å². The molecule has 7 N–H and O–H groups in total. The van der Waals surface area contributed by atoms with Crippen molar-refractivity contribution in [1.29, 1.82) is 0 Å². The number of carboxylic acid groups (broad SMARTS) is 4. The Morgan fingerprint density at radius 3 is 1.95 bits per heavy atom. The highest BCUT2D eigenvalue weighted by Gasteiger charge is 2.31. The van der Waals surface area contributed by atoms with Crippen molar-refractivity contribution in [3.05, 3.63) is 0 Å². The lowest BCUT2D eigenvalue weighted by atomic mass is 9.94. The average Bonchev–Trinajstić information content (AvgIpc) is 2.85. The Hall–Kier alpha value is -2.87. The summed E-state index contributed by atoms with van der Waals surface area (Å²) in [6.07, 6.45) is -0.164. The molecule has 15 nitrogen and oxygen atoms in total. The summed E-state index contributed by atoms with van der Waals surface area (Å²) in [6.45, 7) is 0.383. The van der Waals surface area contributed by atoms with Crippen LogP contribution in [0.25, 0.3) is 0 Å². The highest BCUT2D eigenvalue weighted by atomic mass is 31.2. The minimum atomic E-state index is -4.42. The largest absolute Gasteiger partial charge is 0.481 e. The van der Waals surface area contributed by atoms with Crippen LogP contribution in [0.3, 0.4) is 0 Å². The summed E-state index contributed by atoms with van der Waals surface area (Å²) in [4.78, 5) is 79.1. The minimum Gasteiger partial charge on any atom is -0.481 e. The van der Waals surface area contributed by atoms with Crippen molar-refractivity contribution < 1.29 is 63.2 Å². The first-order chi connectivity index (χ1) is 18.7. The molecule has 0 heterocycles. The number of carboxylic acids is 4. The Morgan fingerprint density at radius 2 is 1.40 bits per heavy atom. The van der Waals surface area contributed by atoms with Crippen molar-refractivity contribution in [2.45, 2.75) is 76.7 Å². The number of Topliss-reactive ketones (excluding diaryl/α,β-unsaturated/α-hetero) is 1. The molecule has 0 radical (unpaired) electrons. The molecule has 0 spiro atoms. The Balaban J connectivity index is 4.64. The van der Waals surface area contributed by atoms with E-state index >= 15 is 0 Å². The second-order valence-corrected chi connectivity index (χ2v) is 11.4. The molecule has 0 saturated carbocycles. The Kier molecular flexibility index (Phi) is 18.6. The molecule has 0 rings (SSSR count). The van der Waals surface area contributed by atoms with Gasteiger partial charge < -0.3 is 40.5 Å². The van der Waals surface area contributed by atoms with Crippen LogP contribution in [0.4, 0.5) is 0 Å². The SMILES string of the molecule is CNCCCCCC(=O)C[C@@H](CCC(=O)N[C@@H](CCCOP(=O)(O)C[C@@H](CCC(=O)O)C(=O)O)C(=O)O)C(=O)O. The van der Waals surface area contributed by atoms with E-state index in [-0.39, 0.29) is 50.7 Å². The van der Waals surface area contributed by atoms with Crippen molar-refractivity contribution in [3.8, 4) is 0 Å². The van der Waals surface area contributed by atoms with Crippen LogP contribution < -0.4 is 10.6 Å². The first kappa shape index (κ1) is 37.1. The first-order valence-corrected chi connectivity index (χ1v) is 14.8. The van der Waals surface area contributed by atoms with Gasteiger partial charge in [-0.3, -0.25) is 28.5 Å². The Bertz CT molecular complexity index is 911. The van der Waals surface area contributed by atoms with Crippen LogP contribution in [0.1, 0.15) is 70.6 Å². The van der Waals surface area contributed by atoms with Crippen molar-refractivity contribution in [2.24, 2.45) is 11.8 Å². The maximum Gasteiger partial charge on any atom is 0.328 e. The molecule has 1 unspecified atom stereocenters. The van der Waals surface area contributed by atoms with E-state index < -0.39 is 74.4 Å². The van der Waals surface area contributed by atoms with Crippen LogP contribution >= 0.6 is 7.60 Å². The van der Waals surface area contributed by atoms with Crippen LogP contribution in [0.15, 0.2) is 0 Å². The van der Waals surface area contributed by atoms with E-state index in [2.05, 4.69) is 10.6 Å². The van der Waals surface area contributed by atoms with E-state index in [1.807, 2.05) is 7.05 Å². The molecular formula is C24H41N2O13P. The van der Waals surface area contributed by atoms with Crippen molar-refractivity contribution in [2.75, 3.05) is 26.4 Å². The van der Waals surface area contributed by atoms with Crippen LogP contribution in [0.2, 0.25) is 0 Å². The summed E-state index contributed by atoms with van der Waals surface area (Å²) in [5, 5.41) is 41.8. The summed E-state index contributed by atoms with van der Waals surface area (Å²) in [5.41, 5.74) is 0. The van der Waals surface area contributed by atoms with Gasteiger partial charge in [-0.15, -0.1) is 0 Å². The monoisotopic (exact) mass is 596 g/mol. The number of carbonyl (C=O) groups excluding carboxylic acids is 2. The highest BCUT2D eigenvalue weighted by molar-refractivity contribution is 7.52. The van der Waals surface area contributed by atoms with E-state index in [0.717, 1.165) is 19.4 Å². The van der Waals surface area contributed by atoms with Crippen LogP contribution in [-0.4, -0.2) is 93.3 Å². The average molecular weight is 597 g/mol. The normalized spacial score (nSPS) is 14.8. The fraction of sp³-hybridized carbons (Fsp3) is 0.750. The number of aliphatic carboxylic acids is 4. The van der Waals surface area contributed by atoms with E-state index in [9.17, 15) is 48.4 Å². The Labute approximate surface area is 232 Å². The van der Waals surface area contributed by atoms with E-state index in [0.29, 0.717) is 6.42 Å². The Morgan fingerprint density at radius 1 is 0.775 bits per heavy atom. The van der Waals surface area contributed by atoms with Gasteiger partial charge in [0.15, 0.2) is 0 Å². The molecule has 0 aromatic carbocycles. The predicted molar refractivity (Wildman–Crippen MR) is 140 cm³/mol. The quantitative estimate of drug-likeness (QED) is 0.0580. The van der Waals surface area contributed by atoms with Gasteiger partial charge in [-0.05, 0) is 52.1 Å². The number of carbonyl (C=O) groups is 6. The maximum absolute atomic E-state index is 12.3. The van der Waals surface area contributed by atoms with E-state index in [4.69, 9.17) is 14.7 Å². The molecule has 0 aliphatic rings. The molecule has 0 saturated heterocycles. The van der Waals surface area contributed by atoms with Crippen LogP contribution in [0, 0.1) is 11.8 Å². The van der Waals surface area contributed by atoms with Crippen molar-refractivity contribution >= 4 is 43.2 Å². The second kappa shape index (κ2) is 20.1. The van der Waals surface area contributed by atoms with Gasteiger partial charge >= 0.3 is 31.5 Å². The summed E-state index contributed by atoms with van der Waals surface area (Å²) in [5.74, 6) is -8.83. The van der Waals surface area contributed by atoms with E-state index in [1.54, 1.807) is 0 Å². The van der Waals surface area contributed by atoms with Crippen molar-refractivity contribution in [3.63, 3.8) is 0 Å². The molecule has 0 fully saturated rings. The number of ketones is 1. The molecule has 0 bridgehead atoms. The smallest absolute Gasteiger partial charge is 0.328 e. The molecule has 0 aliphatic heterocycles. The van der Waals surface area contributed by atoms with Gasteiger partial charge in [-0.1, -0.05) is 6.42 Å². The first-order valence-electron chi connectivity index (χ1n) is 13.0. The van der Waals surface area contributed by atoms with Gasteiger partial charge in [-0.25, -0.2) is 4.79 Å². The third-order valence-corrected chi connectivity index (χ3v) is 7.48. The summed E-state index contributed by atoms with van der Waals surface area (Å²) in [7, 11) is -2.61. The zero-order valence-corrected chi connectivity index (χ0v) is 23.5. The molecule has 0 aromatic heterocycles. The number of hydrogen-bond donors (Lipinski definition) is 7. The molecule has 4 atom stereocenters. The fourth-order valence-electron chi connectivity index (χ4n) is 3.74.